The van der Waals surface area contributed by atoms with Crippen LogP contribution >= 0.6 is 11.6 Å². The molecule has 4 nitrogen and oxygen atoms in total. The van der Waals surface area contributed by atoms with Gasteiger partial charge in [-0.25, -0.2) is 0 Å². The SMILES string of the molecule is Cc1cc(C#N)c([N+](=O)[O-])cc1Cl. The number of nitriles is 1. The molecule has 0 aliphatic rings. The summed E-state index contributed by atoms with van der Waals surface area (Å²) in [4.78, 5) is 9.82. The number of aryl methyl sites for hydroxylation is 1. The van der Waals surface area contributed by atoms with E-state index in [0.29, 0.717) is 10.6 Å². The number of nitrogens with zero attached hydrogens (tertiary/aromatic N) is 2. The van der Waals surface area contributed by atoms with Gasteiger partial charge in [-0.2, -0.15) is 5.26 Å². The van der Waals surface area contributed by atoms with Crippen molar-refractivity contribution in [3.8, 4) is 6.07 Å². The van der Waals surface area contributed by atoms with E-state index in [4.69, 9.17) is 16.9 Å². The fraction of sp³-hybridized carbons (Fsp3) is 0.125. The molecule has 0 atom stereocenters. The van der Waals surface area contributed by atoms with Crippen LogP contribution in [0, 0.1) is 28.4 Å². The van der Waals surface area contributed by atoms with Gasteiger partial charge < -0.3 is 0 Å². The molecule has 66 valence electrons. The summed E-state index contributed by atoms with van der Waals surface area (Å²) < 4.78 is 0. The van der Waals surface area contributed by atoms with Crippen LogP contribution in [-0.4, -0.2) is 4.92 Å². The summed E-state index contributed by atoms with van der Waals surface area (Å²) in [6.45, 7) is 1.69. The summed E-state index contributed by atoms with van der Waals surface area (Å²) in [6.07, 6.45) is 0. The lowest BCUT2D eigenvalue weighted by Crippen LogP contribution is -1.93. The van der Waals surface area contributed by atoms with Gasteiger partial charge in [-0.05, 0) is 18.6 Å². The van der Waals surface area contributed by atoms with Gasteiger partial charge >= 0.3 is 0 Å². The van der Waals surface area contributed by atoms with Gasteiger partial charge in [0.1, 0.15) is 11.6 Å². The van der Waals surface area contributed by atoms with E-state index in [9.17, 15) is 10.1 Å². The zero-order valence-electron chi connectivity index (χ0n) is 6.74. The van der Waals surface area contributed by atoms with Crippen LogP contribution < -0.4 is 0 Å². The van der Waals surface area contributed by atoms with E-state index in [-0.39, 0.29) is 11.3 Å². The van der Waals surface area contributed by atoms with Crippen molar-refractivity contribution in [3.05, 3.63) is 38.4 Å². The van der Waals surface area contributed by atoms with Crippen LogP contribution in [0.25, 0.3) is 0 Å². The molecule has 5 heteroatoms. The van der Waals surface area contributed by atoms with Crippen molar-refractivity contribution >= 4 is 17.3 Å². The third-order valence-electron chi connectivity index (χ3n) is 1.59. The molecule has 1 aromatic carbocycles. The third-order valence-corrected chi connectivity index (χ3v) is 2.00. The second-order valence-electron chi connectivity index (χ2n) is 2.49. The maximum Gasteiger partial charge on any atom is 0.288 e. The number of nitro benzene ring substituents is 1. The molecule has 0 spiro atoms. The summed E-state index contributed by atoms with van der Waals surface area (Å²) in [5, 5.41) is 19.3. The highest BCUT2D eigenvalue weighted by atomic mass is 35.5. The molecule has 0 aromatic heterocycles. The molecule has 0 aliphatic carbocycles. The van der Waals surface area contributed by atoms with Gasteiger partial charge in [0, 0.05) is 6.07 Å². The number of nitro groups is 1. The molecule has 0 saturated heterocycles. The van der Waals surface area contributed by atoms with E-state index in [1.165, 1.54) is 12.1 Å². The first-order valence-electron chi connectivity index (χ1n) is 3.41. The first-order valence-corrected chi connectivity index (χ1v) is 3.78. The van der Waals surface area contributed by atoms with E-state index in [2.05, 4.69) is 0 Å². The largest absolute Gasteiger partial charge is 0.288 e. The van der Waals surface area contributed by atoms with Crippen molar-refractivity contribution in [1.29, 1.82) is 5.26 Å². The molecule has 1 rings (SSSR count). The predicted octanol–water partition coefficient (Wildman–Crippen LogP) is 2.43. The lowest BCUT2D eigenvalue weighted by Gasteiger charge is -1.98. The normalized spacial score (nSPS) is 9.31. The number of benzene rings is 1. The van der Waals surface area contributed by atoms with Gasteiger partial charge in [0.15, 0.2) is 0 Å². The highest BCUT2D eigenvalue weighted by Crippen LogP contribution is 2.25. The Bertz CT molecular complexity index is 409. The summed E-state index contributed by atoms with van der Waals surface area (Å²) in [5.41, 5.74) is 0.439. The lowest BCUT2D eigenvalue weighted by molar-refractivity contribution is -0.385. The summed E-state index contributed by atoms with van der Waals surface area (Å²) in [6, 6.07) is 4.34. The van der Waals surface area contributed by atoms with Crippen molar-refractivity contribution in [1.82, 2.24) is 0 Å². The Balaban J connectivity index is 3.44. The first-order chi connectivity index (χ1) is 6.06. The fourth-order valence-corrected chi connectivity index (χ4v) is 1.07. The van der Waals surface area contributed by atoms with Crippen molar-refractivity contribution in [2.45, 2.75) is 6.92 Å². The van der Waals surface area contributed by atoms with E-state index in [1.807, 2.05) is 0 Å². The third kappa shape index (κ3) is 1.76. The number of hydrogen-bond acceptors (Lipinski definition) is 3. The second kappa shape index (κ2) is 3.42. The van der Waals surface area contributed by atoms with Gasteiger partial charge in [-0.3, -0.25) is 10.1 Å². The predicted molar refractivity (Wildman–Crippen MR) is 47.6 cm³/mol. The molecule has 13 heavy (non-hydrogen) atoms. The van der Waals surface area contributed by atoms with Crippen molar-refractivity contribution in [2.75, 3.05) is 0 Å². The summed E-state index contributed by atoms with van der Waals surface area (Å²) in [7, 11) is 0. The van der Waals surface area contributed by atoms with Crippen LogP contribution in [0.4, 0.5) is 5.69 Å². The Labute approximate surface area is 79.5 Å². The minimum Gasteiger partial charge on any atom is -0.258 e. The Morgan fingerprint density at radius 1 is 1.62 bits per heavy atom. The van der Waals surface area contributed by atoms with Crippen molar-refractivity contribution < 1.29 is 4.92 Å². The zero-order valence-corrected chi connectivity index (χ0v) is 7.50. The Hall–Kier alpha value is -1.60. The molecule has 0 saturated carbocycles. The molecule has 1 aromatic rings. The Morgan fingerprint density at radius 2 is 2.23 bits per heavy atom. The minimum absolute atomic E-state index is 0.0342. The van der Waals surface area contributed by atoms with Crippen LogP contribution in [0.3, 0.4) is 0 Å². The fourth-order valence-electron chi connectivity index (χ4n) is 0.912. The monoisotopic (exact) mass is 196 g/mol. The van der Waals surface area contributed by atoms with E-state index in [1.54, 1.807) is 13.0 Å². The summed E-state index contributed by atoms with van der Waals surface area (Å²) in [5.74, 6) is 0. The van der Waals surface area contributed by atoms with Gasteiger partial charge in [0.25, 0.3) is 5.69 Å². The van der Waals surface area contributed by atoms with Crippen molar-refractivity contribution in [3.63, 3.8) is 0 Å². The Morgan fingerprint density at radius 3 is 2.69 bits per heavy atom. The first kappa shape index (κ1) is 9.49. The van der Waals surface area contributed by atoms with Gasteiger partial charge in [0.2, 0.25) is 0 Å². The highest BCUT2D eigenvalue weighted by molar-refractivity contribution is 6.31. The van der Waals surface area contributed by atoms with Gasteiger partial charge in [-0.15, -0.1) is 0 Å². The quantitative estimate of drug-likeness (QED) is 0.512. The van der Waals surface area contributed by atoms with Crippen LogP contribution in [0.1, 0.15) is 11.1 Å². The van der Waals surface area contributed by atoms with Gasteiger partial charge in [0.05, 0.1) is 9.95 Å². The van der Waals surface area contributed by atoms with Crippen LogP contribution in [0.2, 0.25) is 5.02 Å². The van der Waals surface area contributed by atoms with Crippen LogP contribution in [0.5, 0.6) is 0 Å². The molecule has 0 fully saturated rings. The standard InChI is InChI=1S/C8H5ClN2O2/c1-5-2-6(4-10)8(11(12)13)3-7(5)9/h2-3H,1H3. The molecule has 0 unspecified atom stereocenters. The molecule has 0 aliphatic heterocycles. The molecular formula is C8H5ClN2O2. The maximum absolute atomic E-state index is 10.4. The molecule has 0 N–H and O–H groups in total. The molecule has 0 bridgehead atoms. The minimum atomic E-state index is -0.621. The zero-order chi connectivity index (χ0) is 10.0. The highest BCUT2D eigenvalue weighted by Gasteiger charge is 2.15. The van der Waals surface area contributed by atoms with Crippen LogP contribution in [-0.2, 0) is 0 Å². The smallest absolute Gasteiger partial charge is 0.258 e. The average Bonchev–Trinajstić information content (AvgIpc) is 2.08. The van der Waals surface area contributed by atoms with E-state index < -0.39 is 4.92 Å². The number of rotatable bonds is 1. The molecule has 0 amide bonds. The van der Waals surface area contributed by atoms with E-state index >= 15 is 0 Å². The Kier molecular flexibility index (Phi) is 2.49. The molecular weight excluding hydrogens is 192 g/mol. The molecule has 0 radical (unpaired) electrons. The van der Waals surface area contributed by atoms with Crippen molar-refractivity contribution in [2.24, 2.45) is 0 Å². The number of halogens is 1. The lowest BCUT2D eigenvalue weighted by atomic mass is 10.1. The summed E-state index contributed by atoms with van der Waals surface area (Å²) >= 11 is 5.67. The molecule has 0 heterocycles. The average molecular weight is 197 g/mol. The maximum atomic E-state index is 10.4. The van der Waals surface area contributed by atoms with Crippen LogP contribution in [0.15, 0.2) is 12.1 Å². The van der Waals surface area contributed by atoms with Gasteiger partial charge in [-0.1, -0.05) is 11.6 Å². The number of hydrogen-bond donors (Lipinski definition) is 0. The van der Waals surface area contributed by atoms with E-state index in [0.717, 1.165) is 0 Å². The topological polar surface area (TPSA) is 66.9 Å². The second-order valence-corrected chi connectivity index (χ2v) is 2.89.